The van der Waals surface area contributed by atoms with E-state index in [1.807, 2.05) is 19.1 Å². The highest BCUT2D eigenvalue weighted by Crippen LogP contribution is 2.66. The Bertz CT molecular complexity index is 742. The minimum absolute atomic E-state index is 0.0910. The van der Waals surface area contributed by atoms with Crippen molar-refractivity contribution in [3.8, 4) is 17.6 Å². The fraction of sp³-hybridized carbons (Fsp3) is 0.652. The summed E-state index contributed by atoms with van der Waals surface area (Å²) >= 11 is 0. The molecular weight excluding hydrogens is 308 g/mol. The van der Waals surface area contributed by atoms with E-state index in [1.54, 1.807) is 0 Å². The molecule has 0 heterocycles. The van der Waals surface area contributed by atoms with Gasteiger partial charge in [-0.1, -0.05) is 32.3 Å². The molecule has 0 saturated heterocycles. The Morgan fingerprint density at radius 1 is 1.28 bits per heavy atom. The van der Waals surface area contributed by atoms with E-state index >= 15 is 0 Å². The lowest BCUT2D eigenvalue weighted by molar-refractivity contribution is -0.0846. The van der Waals surface area contributed by atoms with Gasteiger partial charge in [0.05, 0.1) is 0 Å². The van der Waals surface area contributed by atoms with Crippen LogP contribution in [0, 0.1) is 35.0 Å². The van der Waals surface area contributed by atoms with Gasteiger partial charge in [-0.3, -0.25) is 0 Å². The van der Waals surface area contributed by atoms with Crippen molar-refractivity contribution in [1.29, 1.82) is 0 Å². The molecule has 0 radical (unpaired) electrons. The summed E-state index contributed by atoms with van der Waals surface area (Å²) in [5.74, 6) is 8.93. The second-order valence-electron chi connectivity index (χ2n) is 8.78. The molecule has 0 aromatic heterocycles. The lowest BCUT2D eigenvalue weighted by Crippen LogP contribution is -2.52. The summed E-state index contributed by atoms with van der Waals surface area (Å²) in [6.07, 6.45) is 6.32. The van der Waals surface area contributed by atoms with E-state index in [-0.39, 0.29) is 5.41 Å². The molecule has 1 aromatic carbocycles. The van der Waals surface area contributed by atoms with Gasteiger partial charge in [0.1, 0.15) is 11.4 Å². The zero-order chi connectivity index (χ0) is 17.8. The first-order valence-corrected chi connectivity index (χ1v) is 9.91. The third kappa shape index (κ3) is 2.28. The van der Waals surface area contributed by atoms with Crippen LogP contribution in [0.25, 0.3) is 0 Å². The molecule has 3 aliphatic rings. The summed E-state index contributed by atoms with van der Waals surface area (Å²) in [4.78, 5) is 0. The second kappa shape index (κ2) is 5.78. The molecule has 0 spiro atoms. The van der Waals surface area contributed by atoms with Crippen molar-refractivity contribution in [2.24, 2.45) is 23.2 Å². The van der Waals surface area contributed by atoms with Gasteiger partial charge in [0.15, 0.2) is 0 Å². The van der Waals surface area contributed by atoms with Gasteiger partial charge in [0, 0.05) is 5.41 Å². The Balaban J connectivity index is 1.79. The fourth-order valence-corrected chi connectivity index (χ4v) is 6.69. The zero-order valence-corrected chi connectivity index (χ0v) is 15.7. The van der Waals surface area contributed by atoms with E-state index in [2.05, 4.69) is 31.8 Å². The van der Waals surface area contributed by atoms with E-state index in [0.717, 1.165) is 32.1 Å². The number of benzene rings is 1. The predicted octanol–water partition coefficient (Wildman–Crippen LogP) is 4.64. The van der Waals surface area contributed by atoms with Gasteiger partial charge in [-0.2, -0.15) is 0 Å². The SMILES string of the molecule is CC#C[C@]1(O)CCC2C3CCc4cc(O)ccc4C3[C@@H](CC)C[C@@]21C. The maximum Gasteiger partial charge on any atom is 0.131 e. The molecule has 2 heteroatoms. The largest absolute Gasteiger partial charge is 0.508 e. The van der Waals surface area contributed by atoms with E-state index in [1.165, 1.54) is 17.5 Å². The molecule has 0 aliphatic heterocycles. The van der Waals surface area contributed by atoms with Crippen LogP contribution >= 0.6 is 0 Å². The quantitative estimate of drug-likeness (QED) is 0.732. The average Bonchev–Trinajstić information content (AvgIpc) is 2.85. The van der Waals surface area contributed by atoms with Crippen molar-refractivity contribution in [3.05, 3.63) is 29.3 Å². The molecule has 3 aliphatic carbocycles. The van der Waals surface area contributed by atoms with Crippen LogP contribution in [-0.2, 0) is 6.42 Å². The molecule has 3 unspecified atom stereocenters. The molecule has 2 N–H and O–H groups in total. The number of hydrogen-bond donors (Lipinski definition) is 2. The first kappa shape index (κ1) is 17.0. The van der Waals surface area contributed by atoms with Crippen LogP contribution in [0.2, 0.25) is 0 Å². The summed E-state index contributed by atoms with van der Waals surface area (Å²) in [5.41, 5.74) is 1.89. The van der Waals surface area contributed by atoms with E-state index < -0.39 is 5.60 Å². The van der Waals surface area contributed by atoms with Gasteiger partial charge >= 0.3 is 0 Å². The number of fused-ring (bicyclic) bond motifs is 5. The fourth-order valence-electron chi connectivity index (χ4n) is 6.69. The molecule has 6 atom stereocenters. The molecule has 0 amide bonds. The summed E-state index contributed by atoms with van der Waals surface area (Å²) < 4.78 is 0. The number of aryl methyl sites for hydroxylation is 1. The van der Waals surface area contributed by atoms with Gasteiger partial charge in [0.2, 0.25) is 0 Å². The van der Waals surface area contributed by atoms with Gasteiger partial charge < -0.3 is 10.2 Å². The van der Waals surface area contributed by atoms with Gasteiger partial charge in [-0.15, -0.1) is 5.92 Å². The van der Waals surface area contributed by atoms with Crippen molar-refractivity contribution < 1.29 is 10.2 Å². The van der Waals surface area contributed by atoms with Crippen molar-refractivity contribution in [2.45, 2.75) is 70.8 Å². The van der Waals surface area contributed by atoms with Crippen LogP contribution in [0.5, 0.6) is 5.75 Å². The van der Waals surface area contributed by atoms with Crippen molar-refractivity contribution in [1.82, 2.24) is 0 Å². The first-order chi connectivity index (χ1) is 11.9. The van der Waals surface area contributed by atoms with E-state index in [9.17, 15) is 10.2 Å². The van der Waals surface area contributed by atoms with Gasteiger partial charge in [-0.05, 0) is 86.0 Å². The highest BCUT2D eigenvalue weighted by Gasteiger charge is 2.63. The smallest absolute Gasteiger partial charge is 0.131 e. The Kier molecular flexibility index (Phi) is 3.92. The second-order valence-corrected chi connectivity index (χ2v) is 8.78. The van der Waals surface area contributed by atoms with Crippen LogP contribution in [0.15, 0.2) is 18.2 Å². The van der Waals surface area contributed by atoms with Crippen LogP contribution in [-0.4, -0.2) is 15.8 Å². The Morgan fingerprint density at radius 3 is 2.80 bits per heavy atom. The molecule has 4 rings (SSSR count). The number of phenolic OH excluding ortho intramolecular Hbond substituents is 1. The molecule has 2 nitrogen and oxygen atoms in total. The Hall–Kier alpha value is -1.46. The number of aliphatic hydroxyl groups is 1. The van der Waals surface area contributed by atoms with Crippen LogP contribution in [0.4, 0.5) is 0 Å². The summed E-state index contributed by atoms with van der Waals surface area (Å²) in [6.45, 7) is 6.45. The number of hydrogen-bond acceptors (Lipinski definition) is 2. The molecule has 0 bridgehead atoms. The predicted molar refractivity (Wildman–Crippen MR) is 100 cm³/mol. The molecule has 2 saturated carbocycles. The van der Waals surface area contributed by atoms with Gasteiger partial charge in [-0.25, -0.2) is 0 Å². The Labute approximate surface area is 151 Å². The van der Waals surface area contributed by atoms with E-state index in [4.69, 9.17) is 0 Å². The first-order valence-electron chi connectivity index (χ1n) is 9.91. The summed E-state index contributed by atoms with van der Waals surface area (Å²) in [5, 5.41) is 21.3. The minimum atomic E-state index is -0.819. The maximum absolute atomic E-state index is 11.4. The zero-order valence-electron chi connectivity index (χ0n) is 15.7. The third-order valence-electron chi connectivity index (χ3n) is 7.84. The molecular formula is C23H30O2. The maximum atomic E-state index is 11.4. The topological polar surface area (TPSA) is 40.5 Å². The average molecular weight is 338 g/mol. The molecule has 134 valence electrons. The summed E-state index contributed by atoms with van der Waals surface area (Å²) in [6, 6.07) is 5.99. The lowest BCUT2D eigenvalue weighted by atomic mass is 9.49. The molecule has 2 fully saturated rings. The van der Waals surface area contributed by atoms with Crippen LogP contribution in [0.1, 0.15) is 69.9 Å². The molecule has 25 heavy (non-hydrogen) atoms. The highest BCUT2D eigenvalue weighted by molar-refractivity contribution is 5.41. The third-order valence-corrected chi connectivity index (χ3v) is 7.84. The lowest BCUT2D eigenvalue weighted by Gasteiger charge is -2.55. The standard InChI is InChI=1S/C23H30O2/c1-4-11-23(25)12-10-20-19-8-6-16-13-17(24)7-9-18(16)21(19)15(5-2)14-22(20,23)3/h7,9,13,15,19-21,24-25H,5-6,8,10,12,14H2,1-3H3/t15-,19?,20?,21?,22-,23-/m0/s1. The van der Waals surface area contributed by atoms with Crippen molar-refractivity contribution >= 4 is 0 Å². The van der Waals surface area contributed by atoms with Gasteiger partial charge in [0.25, 0.3) is 0 Å². The molecule has 1 aromatic rings. The highest BCUT2D eigenvalue weighted by atomic mass is 16.3. The van der Waals surface area contributed by atoms with Crippen molar-refractivity contribution in [2.75, 3.05) is 0 Å². The normalized spacial score (nSPS) is 41.9. The summed E-state index contributed by atoms with van der Waals surface area (Å²) in [7, 11) is 0. The van der Waals surface area contributed by atoms with Crippen LogP contribution < -0.4 is 0 Å². The van der Waals surface area contributed by atoms with Crippen LogP contribution in [0.3, 0.4) is 0 Å². The van der Waals surface area contributed by atoms with Crippen molar-refractivity contribution in [3.63, 3.8) is 0 Å². The van der Waals surface area contributed by atoms with E-state index in [0.29, 0.717) is 29.4 Å². The monoisotopic (exact) mass is 338 g/mol. The Morgan fingerprint density at radius 2 is 2.08 bits per heavy atom. The number of rotatable bonds is 1. The minimum Gasteiger partial charge on any atom is -0.508 e. The number of phenols is 1. The number of aromatic hydroxyl groups is 1.